The van der Waals surface area contributed by atoms with Crippen LogP contribution in [0.15, 0.2) is 18.3 Å². The lowest BCUT2D eigenvalue weighted by Crippen LogP contribution is -2.30. The topological polar surface area (TPSA) is 51.8 Å². The van der Waals surface area contributed by atoms with Gasteiger partial charge in [-0.3, -0.25) is 0 Å². The van der Waals surface area contributed by atoms with Crippen molar-refractivity contribution in [1.29, 1.82) is 0 Å². The molecule has 1 atom stereocenters. The van der Waals surface area contributed by atoms with Crippen LogP contribution in [0.5, 0.6) is 0 Å². The molecule has 1 aliphatic rings. The number of hydrogen-bond donors (Lipinski definition) is 1. The molecule has 1 aliphatic carbocycles. The molecule has 0 bridgehead atoms. The summed E-state index contributed by atoms with van der Waals surface area (Å²) in [7, 11) is 0. The highest BCUT2D eigenvalue weighted by Crippen LogP contribution is 2.39. The van der Waals surface area contributed by atoms with E-state index in [1.807, 2.05) is 18.3 Å². The Kier molecular flexibility index (Phi) is 3.12. The van der Waals surface area contributed by atoms with Gasteiger partial charge in [-0.1, -0.05) is 25.4 Å². The van der Waals surface area contributed by atoms with Crippen molar-refractivity contribution in [2.75, 3.05) is 0 Å². The molecule has 0 aliphatic heterocycles. The van der Waals surface area contributed by atoms with Crippen LogP contribution in [0.3, 0.4) is 0 Å². The number of nitrogens with zero attached hydrogens (tertiary/aromatic N) is 2. The monoisotopic (exact) mass is 293 g/mol. The summed E-state index contributed by atoms with van der Waals surface area (Å²) in [6.07, 6.45) is 3.81. The van der Waals surface area contributed by atoms with Gasteiger partial charge in [-0.25, -0.2) is 9.97 Å². The molecule has 2 heterocycles. The zero-order chi connectivity index (χ0) is 13.6. The molecule has 0 radical (unpaired) electrons. The molecular weight excluding hydrogens is 278 g/mol. The summed E-state index contributed by atoms with van der Waals surface area (Å²) in [6, 6.07) is 3.88. The van der Waals surface area contributed by atoms with Crippen LogP contribution in [0.1, 0.15) is 37.6 Å². The summed E-state index contributed by atoms with van der Waals surface area (Å²) >= 11 is 7.47. The van der Waals surface area contributed by atoms with Crippen molar-refractivity contribution in [2.45, 2.75) is 32.7 Å². The quantitative estimate of drug-likeness (QED) is 0.869. The average Bonchev–Trinajstić information content (AvgIpc) is 2.73. The molecule has 0 saturated carbocycles. The first-order chi connectivity index (χ1) is 8.94. The molecule has 100 valence electrons. The molecule has 3 rings (SSSR count). The second-order valence-corrected chi connectivity index (χ2v) is 7.57. The van der Waals surface area contributed by atoms with E-state index in [9.17, 15) is 0 Å². The number of thiophene rings is 1. The zero-order valence-corrected chi connectivity index (χ0v) is 12.6. The van der Waals surface area contributed by atoms with Crippen LogP contribution >= 0.6 is 22.9 Å². The summed E-state index contributed by atoms with van der Waals surface area (Å²) in [5.74, 6) is 0.751. The fourth-order valence-corrected chi connectivity index (χ4v) is 3.65. The van der Waals surface area contributed by atoms with Crippen molar-refractivity contribution in [3.05, 3.63) is 33.9 Å². The van der Waals surface area contributed by atoms with Crippen molar-refractivity contribution in [3.63, 3.8) is 0 Å². The lowest BCUT2D eigenvalue weighted by molar-refractivity contribution is 0.278. The van der Waals surface area contributed by atoms with Crippen LogP contribution in [-0.2, 0) is 6.42 Å². The SMILES string of the molecule is CC1(C)Cc2nc(-c3ccc(Cl)s3)ncc2C(N)C1. The molecule has 0 aromatic carbocycles. The minimum Gasteiger partial charge on any atom is -0.324 e. The molecule has 0 spiro atoms. The Morgan fingerprint density at radius 2 is 2.21 bits per heavy atom. The minimum absolute atomic E-state index is 0.0414. The molecule has 2 aromatic heterocycles. The van der Waals surface area contributed by atoms with E-state index in [1.54, 1.807) is 0 Å². The van der Waals surface area contributed by atoms with Gasteiger partial charge in [-0.05, 0) is 30.4 Å². The average molecular weight is 294 g/mol. The van der Waals surface area contributed by atoms with E-state index in [0.717, 1.165) is 39.1 Å². The first-order valence-electron chi connectivity index (χ1n) is 6.32. The summed E-state index contributed by atoms with van der Waals surface area (Å²) in [5.41, 5.74) is 8.59. The second-order valence-electron chi connectivity index (χ2n) is 5.85. The maximum absolute atomic E-state index is 6.22. The zero-order valence-electron chi connectivity index (χ0n) is 11.0. The van der Waals surface area contributed by atoms with E-state index in [2.05, 4.69) is 18.8 Å². The summed E-state index contributed by atoms with van der Waals surface area (Å²) in [5, 5.41) is 0. The second kappa shape index (κ2) is 4.54. The van der Waals surface area contributed by atoms with Gasteiger partial charge in [-0.15, -0.1) is 11.3 Å². The Morgan fingerprint density at radius 3 is 2.89 bits per heavy atom. The third-order valence-corrected chi connectivity index (χ3v) is 4.74. The highest BCUT2D eigenvalue weighted by Gasteiger charge is 2.31. The van der Waals surface area contributed by atoms with E-state index in [4.69, 9.17) is 22.3 Å². The van der Waals surface area contributed by atoms with Gasteiger partial charge in [-0.2, -0.15) is 0 Å². The lowest BCUT2D eigenvalue weighted by Gasteiger charge is -2.34. The normalized spacial score (nSPS) is 21.2. The summed E-state index contributed by atoms with van der Waals surface area (Å²) in [6.45, 7) is 4.47. The molecule has 0 amide bonds. The highest BCUT2D eigenvalue weighted by molar-refractivity contribution is 7.19. The molecule has 19 heavy (non-hydrogen) atoms. The van der Waals surface area contributed by atoms with Gasteiger partial charge >= 0.3 is 0 Å². The van der Waals surface area contributed by atoms with Crippen LogP contribution < -0.4 is 5.73 Å². The van der Waals surface area contributed by atoms with E-state index >= 15 is 0 Å². The standard InChI is InChI=1S/C14H16ClN3S/c1-14(2)5-9(16)8-7-17-13(18-10(8)6-14)11-3-4-12(15)19-11/h3-4,7,9H,5-6,16H2,1-2H3. The van der Waals surface area contributed by atoms with Gasteiger partial charge in [0.1, 0.15) is 0 Å². The number of halogens is 1. The molecule has 0 saturated heterocycles. The van der Waals surface area contributed by atoms with Crippen LogP contribution in [-0.4, -0.2) is 9.97 Å². The molecule has 3 nitrogen and oxygen atoms in total. The van der Waals surface area contributed by atoms with Gasteiger partial charge in [0.15, 0.2) is 5.82 Å². The highest BCUT2D eigenvalue weighted by atomic mass is 35.5. The predicted octanol–water partition coefficient (Wildman–Crippen LogP) is 3.83. The minimum atomic E-state index is 0.0414. The number of fused-ring (bicyclic) bond motifs is 1. The fraction of sp³-hybridized carbons (Fsp3) is 0.429. The van der Waals surface area contributed by atoms with Crippen LogP contribution in [0, 0.1) is 5.41 Å². The van der Waals surface area contributed by atoms with Crippen molar-refractivity contribution in [1.82, 2.24) is 9.97 Å². The third kappa shape index (κ3) is 2.53. The molecule has 2 aromatic rings. The number of nitrogens with two attached hydrogens (primary N) is 1. The molecule has 2 N–H and O–H groups in total. The molecule has 1 unspecified atom stereocenters. The Hall–Kier alpha value is -0.970. The maximum atomic E-state index is 6.22. The van der Waals surface area contributed by atoms with E-state index in [1.165, 1.54) is 11.3 Å². The Morgan fingerprint density at radius 1 is 1.42 bits per heavy atom. The summed E-state index contributed by atoms with van der Waals surface area (Å²) in [4.78, 5) is 10.1. The van der Waals surface area contributed by atoms with Crippen LogP contribution in [0.4, 0.5) is 0 Å². The van der Waals surface area contributed by atoms with Gasteiger partial charge in [0.25, 0.3) is 0 Å². The number of aromatic nitrogens is 2. The van der Waals surface area contributed by atoms with E-state index < -0.39 is 0 Å². The largest absolute Gasteiger partial charge is 0.324 e. The smallest absolute Gasteiger partial charge is 0.169 e. The maximum Gasteiger partial charge on any atom is 0.169 e. The fourth-order valence-electron chi connectivity index (χ4n) is 2.66. The predicted molar refractivity (Wildman–Crippen MR) is 79.4 cm³/mol. The Bertz CT molecular complexity index is 621. The van der Waals surface area contributed by atoms with Crippen molar-refractivity contribution in [2.24, 2.45) is 11.1 Å². The molecule has 5 heteroatoms. The van der Waals surface area contributed by atoms with Gasteiger partial charge in [0, 0.05) is 23.5 Å². The molecule has 0 fully saturated rings. The number of hydrogen-bond acceptors (Lipinski definition) is 4. The van der Waals surface area contributed by atoms with Crippen molar-refractivity contribution in [3.8, 4) is 10.7 Å². The van der Waals surface area contributed by atoms with Gasteiger partial charge in [0.2, 0.25) is 0 Å². The van der Waals surface area contributed by atoms with Crippen LogP contribution in [0.25, 0.3) is 10.7 Å². The molecular formula is C14H16ClN3S. The number of rotatable bonds is 1. The third-order valence-electron chi connectivity index (χ3n) is 3.51. The van der Waals surface area contributed by atoms with Crippen molar-refractivity contribution >= 4 is 22.9 Å². The van der Waals surface area contributed by atoms with Gasteiger partial charge < -0.3 is 5.73 Å². The Labute approximate surface area is 121 Å². The van der Waals surface area contributed by atoms with Crippen molar-refractivity contribution < 1.29 is 0 Å². The first-order valence-corrected chi connectivity index (χ1v) is 7.51. The summed E-state index contributed by atoms with van der Waals surface area (Å²) < 4.78 is 0.758. The van der Waals surface area contributed by atoms with Gasteiger partial charge in [0.05, 0.1) is 9.21 Å². The van der Waals surface area contributed by atoms with Crippen LogP contribution in [0.2, 0.25) is 4.34 Å². The van der Waals surface area contributed by atoms with E-state index in [0.29, 0.717) is 0 Å². The Balaban J connectivity index is 2.04. The lowest BCUT2D eigenvalue weighted by atomic mass is 9.74. The first kappa shape index (κ1) is 13.0. The van der Waals surface area contributed by atoms with E-state index in [-0.39, 0.29) is 11.5 Å².